The largest absolute Gasteiger partial charge is 0.618 e. The molecular weight excluding hydrogens is 466 g/mol. The first-order valence-electron chi connectivity index (χ1n) is 6.98. The maximum Gasteiger partial charge on any atom is 0.416 e. The maximum absolute atomic E-state index is 12.9. The molecular formula is C15H7BrF6N2O4. The number of rotatable bonds is 3. The van der Waals surface area contributed by atoms with Crippen LogP contribution in [0.5, 0.6) is 5.75 Å². The fourth-order valence-corrected chi connectivity index (χ4v) is 2.54. The quantitative estimate of drug-likeness (QED) is 0.162. The van der Waals surface area contributed by atoms with Gasteiger partial charge in [0.05, 0.1) is 26.1 Å². The molecule has 0 fully saturated rings. The van der Waals surface area contributed by atoms with E-state index in [9.17, 15) is 46.8 Å². The second-order valence-corrected chi connectivity index (χ2v) is 6.20. The van der Waals surface area contributed by atoms with E-state index in [4.69, 9.17) is 0 Å². The van der Waals surface area contributed by atoms with Gasteiger partial charge in [-0.05, 0) is 22.0 Å². The summed E-state index contributed by atoms with van der Waals surface area (Å²) in [6.45, 7) is 0. The zero-order chi connectivity index (χ0) is 21.4. The van der Waals surface area contributed by atoms with E-state index < -0.39 is 51.1 Å². The molecule has 0 aliphatic heterocycles. The van der Waals surface area contributed by atoms with Crippen LogP contribution in [0.25, 0.3) is 0 Å². The molecule has 2 rings (SSSR count). The number of alkyl halides is 6. The monoisotopic (exact) mass is 472 g/mol. The topological polar surface area (TPSA) is 89.4 Å². The van der Waals surface area contributed by atoms with E-state index in [0.717, 1.165) is 12.1 Å². The number of phenolic OH excluding ortho intramolecular Hbond substituents is 1. The normalized spacial score (nSPS) is 12.9. The molecule has 2 aromatic carbocycles. The molecule has 6 nitrogen and oxygen atoms in total. The second-order valence-electron chi connectivity index (χ2n) is 5.34. The Balaban J connectivity index is 2.66. The summed E-state index contributed by atoms with van der Waals surface area (Å²) in [5, 5.41) is 32.8. The highest BCUT2D eigenvalue weighted by molar-refractivity contribution is 9.10. The minimum Gasteiger partial charge on any atom is -0.618 e. The Kier molecular flexibility index (Phi) is 5.59. The standard InChI is InChI=1S/C15H7BrF6N2O4/c16-12-5-11(24(27)28)1-7(13(12)25)6-23(26)10-3-8(14(17,18)19)2-9(4-10)15(20,21)22/h1-6,25H/b23-6-. The third-order valence-corrected chi connectivity index (χ3v) is 3.98. The molecule has 0 saturated heterocycles. The lowest BCUT2D eigenvalue weighted by Crippen LogP contribution is -2.12. The van der Waals surface area contributed by atoms with Gasteiger partial charge in [-0.1, -0.05) is 0 Å². The lowest BCUT2D eigenvalue weighted by Gasteiger charge is -2.13. The van der Waals surface area contributed by atoms with Crippen molar-refractivity contribution >= 4 is 33.5 Å². The summed E-state index contributed by atoms with van der Waals surface area (Å²) in [5.74, 6) is -0.672. The molecule has 0 atom stereocenters. The maximum atomic E-state index is 12.9. The van der Waals surface area contributed by atoms with Gasteiger partial charge in [-0.15, -0.1) is 0 Å². The number of benzene rings is 2. The Hall–Kier alpha value is -2.83. The highest BCUT2D eigenvalue weighted by Gasteiger charge is 2.38. The van der Waals surface area contributed by atoms with Crippen molar-refractivity contribution in [1.82, 2.24) is 0 Å². The number of phenols is 1. The van der Waals surface area contributed by atoms with Crippen LogP contribution < -0.4 is 0 Å². The van der Waals surface area contributed by atoms with Crippen LogP contribution in [0.4, 0.5) is 37.7 Å². The van der Waals surface area contributed by atoms with E-state index in [0.29, 0.717) is 6.21 Å². The first-order valence-corrected chi connectivity index (χ1v) is 7.77. The average Bonchev–Trinajstić information content (AvgIpc) is 2.56. The van der Waals surface area contributed by atoms with Crippen molar-refractivity contribution in [2.24, 2.45) is 0 Å². The van der Waals surface area contributed by atoms with Gasteiger partial charge in [0, 0.05) is 24.3 Å². The SMILES string of the molecule is O=[N+]([O-])c1cc(Br)c(O)c(/C=[N+](\[O-])c2cc(C(F)(F)F)cc(C(F)(F)F)c2)c1. The molecule has 0 aliphatic carbocycles. The van der Waals surface area contributed by atoms with Crippen LogP contribution in [0.2, 0.25) is 0 Å². The molecule has 150 valence electrons. The lowest BCUT2D eigenvalue weighted by atomic mass is 10.1. The molecule has 0 heterocycles. The summed E-state index contributed by atoms with van der Waals surface area (Å²) in [6.07, 6.45) is -9.90. The van der Waals surface area contributed by atoms with Crippen LogP contribution in [0, 0.1) is 15.3 Å². The molecule has 0 bridgehead atoms. The van der Waals surface area contributed by atoms with Gasteiger partial charge in [0.25, 0.3) is 5.69 Å². The number of hydrogen-bond acceptors (Lipinski definition) is 4. The summed E-state index contributed by atoms with van der Waals surface area (Å²) in [4.78, 5) is 9.96. The van der Waals surface area contributed by atoms with Crippen LogP contribution in [0.1, 0.15) is 16.7 Å². The molecule has 2 aromatic rings. The number of hydrogen-bond donors (Lipinski definition) is 1. The van der Waals surface area contributed by atoms with Crippen molar-refractivity contribution < 1.29 is 41.1 Å². The predicted octanol–water partition coefficient (Wildman–Crippen LogP) is 5.36. The first kappa shape index (κ1) is 21.5. The molecule has 0 unspecified atom stereocenters. The van der Waals surface area contributed by atoms with Gasteiger partial charge in [-0.25, -0.2) is 0 Å². The number of nitrogens with zero attached hydrogens (tertiary/aromatic N) is 2. The predicted molar refractivity (Wildman–Crippen MR) is 87.4 cm³/mol. The Morgan fingerprint density at radius 3 is 1.82 bits per heavy atom. The summed E-state index contributed by atoms with van der Waals surface area (Å²) in [6, 6.07) is 1.83. The average molecular weight is 473 g/mol. The van der Waals surface area contributed by atoms with Crippen molar-refractivity contribution in [2.75, 3.05) is 0 Å². The molecule has 0 saturated carbocycles. The van der Waals surface area contributed by atoms with Crippen molar-refractivity contribution in [2.45, 2.75) is 12.4 Å². The molecule has 0 spiro atoms. The van der Waals surface area contributed by atoms with Gasteiger partial charge < -0.3 is 10.3 Å². The summed E-state index contributed by atoms with van der Waals surface area (Å²) in [7, 11) is 0. The number of nitro benzene ring substituents is 1. The summed E-state index contributed by atoms with van der Waals surface area (Å²) >= 11 is 2.79. The Bertz CT molecular complexity index is 940. The van der Waals surface area contributed by atoms with Gasteiger partial charge >= 0.3 is 12.4 Å². The number of nitro groups is 1. The molecule has 13 heteroatoms. The third kappa shape index (κ3) is 4.71. The highest BCUT2D eigenvalue weighted by Crippen LogP contribution is 2.38. The number of aromatic hydroxyl groups is 1. The smallest absolute Gasteiger partial charge is 0.416 e. The van der Waals surface area contributed by atoms with Crippen molar-refractivity contribution in [1.29, 1.82) is 0 Å². The number of halogens is 7. The summed E-state index contributed by atoms with van der Waals surface area (Å²) < 4.78 is 76.6. The zero-order valence-corrected chi connectivity index (χ0v) is 14.8. The van der Waals surface area contributed by atoms with Crippen LogP contribution in [-0.2, 0) is 12.4 Å². The van der Waals surface area contributed by atoms with Crippen LogP contribution in [0.15, 0.2) is 34.8 Å². The minimum absolute atomic E-state index is 0.154. The first-order chi connectivity index (χ1) is 12.7. The molecule has 1 N–H and O–H groups in total. The van der Waals surface area contributed by atoms with Gasteiger partial charge in [-0.2, -0.15) is 31.1 Å². The number of non-ortho nitro benzene ring substituents is 1. The van der Waals surface area contributed by atoms with E-state index >= 15 is 0 Å². The Morgan fingerprint density at radius 2 is 1.39 bits per heavy atom. The third-order valence-electron chi connectivity index (χ3n) is 3.37. The van der Waals surface area contributed by atoms with Crippen molar-refractivity contribution in [3.63, 3.8) is 0 Å². The van der Waals surface area contributed by atoms with Gasteiger partial charge in [0.1, 0.15) is 5.75 Å². The van der Waals surface area contributed by atoms with E-state index in [1.54, 1.807) is 0 Å². The van der Waals surface area contributed by atoms with Crippen LogP contribution in [0.3, 0.4) is 0 Å². The van der Waals surface area contributed by atoms with Gasteiger partial charge in [-0.3, -0.25) is 10.1 Å². The molecule has 0 aliphatic rings. The van der Waals surface area contributed by atoms with Gasteiger partial charge in [0.2, 0.25) is 5.69 Å². The van der Waals surface area contributed by atoms with E-state index in [-0.39, 0.29) is 27.4 Å². The molecule has 28 heavy (non-hydrogen) atoms. The zero-order valence-electron chi connectivity index (χ0n) is 13.2. The Morgan fingerprint density at radius 1 is 0.893 bits per heavy atom. The minimum atomic E-state index is -5.16. The molecule has 0 aromatic heterocycles. The van der Waals surface area contributed by atoms with Crippen molar-refractivity contribution in [3.8, 4) is 5.75 Å². The molecule has 0 radical (unpaired) electrons. The van der Waals surface area contributed by atoms with E-state index in [2.05, 4.69) is 15.9 Å². The van der Waals surface area contributed by atoms with Crippen LogP contribution in [-0.4, -0.2) is 21.0 Å². The van der Waals surface area contributed by atoms with E-state index in [1.165, 1.54) is 0 Å². The summed E-state index contributed by atoms with van der Waals surface area (Å²) in [5.41, 5.74) is -5.54. The fourth-order valence-electron chi connectivity index (χ4n) is 2.08. The molecule has 0 amide bonds. The van der Waals surface area contributed by atoms with Gasteiger partial charge in [0.15, 0.2) is 6.21 Å². The van der Waals surface area contributed by atoms with Crippen LogP contribution >= 0.6 is 15.9 Å². The highest BCUT2D eigenvalue weighted by atomic mass is 79.9. The van der Waals surface area contributed by atoms with Crippen molar-refractivity contribution in [3.05, 3.63) is 66.8 Å². The van der Waals surface area contributed by atoms with E-state index in [1.807, 2.05) is 0 Å². The Labute approximate surface area is 160 Å². The lowest BCUT2D eigenvalue weighted by molar-refractivity contribution is -0.385. The second kappa shape index (κ2) is 7.30. The fraction of sp³-hybridized carbons (Fsp3) is 0.133.